The first kappa shape index (κ1) is 19.8. The third-order valence-electron chi connectivity index (χ3n) is 4.66. The van der Waals surface area contributed by atoms with Crippen LogP contribution >= 0.6 is 11.6 Å². The topological polar surface area (TPSA) is 66.5 Å². The van der Waals surface area contributed by atoms with Crippen molar-refractivity contribution < 1.29 is 17.6 Å². The van der Waals surface area contributed by atoms with Crippen LogP contribution in [0.15, 0.2) is 47.4 Å². The predicted octanol–water partition coefficient (Wildman–Crippen LogP) is 4.15. The van der Waals surface area contributed by atoms with Gasteiger partial charge in [0.25, 0.3) is 5.91 Å². The molecule has 0 aromatic heterocycles. The Labute approximate surface area is 163 Å². The standard InChI is InChI=1S/C19H20ClFN2O3S/c1-13-8-10-23(11-9-13)27(25,26)16-6-7-18(20)17(12-16)19(24)22-15-4-2-14(21)3-5-15/h2-7,12-13H,8-11H2,1H3,(H,22,24). The SMILES string of the molecule is CC1CCN(S(=O)(=O)c2ccc(Cl)c(C(=O)Nc3ccc(F)cc3)c2)CC1. The van der Waals surface area contributed by atoms with Gasteiger partial charge in [-0.05, 0) is 61.2 Å². The van der Waals surface area contributed by atoms with Crippen LogP contribution < -0.4 is 5.32 Å². The van der Waals surface area contributed by atoms with Crippen LogP contribution in [-0.2, 0) is 10.0 Å². The lowest BCUT2D eigenvalue weighted by Gasteiger charge is -2.29. The van der Waals surface area contributed by atoms with Crippen molar-refractivity contribution >= 4 is 33.2 Å². The van der Waals surface area contributed by atoms with Crippen LogP contribution in [0, 0.1) is 11.7 Å². The maximum atomic E-state index is 13.0. The molecular formula is C19H20ClFN2O3S. The first-order valence-electron chi connectivity index (χ1n) is 8.64. The molecule has 0 unspecified atom stereocenters. The number of halogens is 2. The fourth-order valence-electron chi connectivity index (χ4n) is 2.94. The molecule has 1 aliphatic heterocycles. The van der Waals surface area contributed by atoms with Gasteiger partial charge >= 0.3 is 0 Å². The first-order valence-corrected chi connectivity index (χ1v) is 10.5. The van der Waals surface area contributed by atoms with E-state index in [9.17, 15) is 17.6 Å². The molecule has 1 aliphatic rings. The van der Waals surface area contributed by atoms with Crippen LogP contribution in [-0.4, -0.2) is 31.7 Å². The molecule has 0 spiro atoms. The Bertz CT molecular complexity index is 940. The summed E-state index contributed by atoms with van der Waals surface area (Å²) < 4.78 is 40.2. The fourth-order valence-corrected chi connectivity index (χ4v) is 4.64. The first-order chi connectivity index (χ1) is 12.8. The zero-order valence-electron chi connectivity index (χ0n) is 14.8. The molecule has 1 saturated heterocycles. The molecule has 3 rings (SSSR count). The summed E-state index contributed by atoms with van der Waals surface area (Å²) in [6.45, 7) is 3.02. The van der Waals surface area contributed by atoms with Gasteiger partial charge in [-0.25, -0.2) is 12.8 Å². The highest BCUT2D eigenvalue weighted by Crippen LogP contribution is 2.27. The van der Waals surface area contributed by atoms with Gasteiger partial charge in [-0.15, -0.1) is 0 Å². The van der Waals surface area contributed by atoms with E-state index in [1.165, 1.54) is 46.8 Å². The zero-order chi connectivity index (χ0) is 19.6. The van der Waals surface area contributed by atoms with Gasteiger partial charge in [0.2, 0.25) is 10.0 Å². The Balaban J connectivity index is 1.85. The quantitative estimate of drug-likeness (QED) is 0.823. The van der Waals surface area contributed by atoms with Gasteiger partial charge in [0, 0.05) is 18.8 Å². The molecule has 2 aromatic rings. The van der Waals surface area contributed by atoms with E-state index < -0.39 is 21.7 Å². The van der Waals surface area contributed by atoms with Crippen LogP contribution in [0.2, 0.25) is 5.02 Å². The number of carbonyl (C=O) groups is 1. The Morgan fingerprint density at radius 1 is 1.15 bits per heavy atom. The van der Waals surface area contributed by atoms with Crippen molar-refractivity contribution in [1.29, 1.82) is 0 Å². The number of benzene rings is 2. The predicted molar refractivity (Wildman–Crippen MR) is 103 cm³/mol. The van der Waals surface area contributed by atoms with Crippen molar-refractivity contribution in [2.45, 2.75) is 24.7 Å². The molecule has 144 valence electrons. The van der Waals surface area contributed by atoms with E-state index in [4.69, 9.17) is 11.6 Å². The van der Waals surface area contributed by atoms with Gasteiger partial charge in [-0.3, -0.25) is 4.79 Å². The molecule has 1 N–H and O–H groups in total. The Kier molecular flexibility index (Phi) is 5.83. The lowest BCUT2D eigenvalue weighted by molar-refractivity contribution is 0.102. The number of piperidine rings is 1. The molecule has 0 bridgehead atoms. The minimum Gasteiger partial charge on any atom is -0.322 e. The molecule has 27 heavy (non-hydrogen) atoms. The van der Waals surface area contributed by atoms with E-state index >= 15 is 0 Å². The van der Waals surface area contributed by atoms with Gasteiger partial charge in [-0.1, -0.05) is 18.5 Å². The summed E-state index contributed by atoms with van der Waals surface area (Å²) in [6.07, 6.45) is 1.62. The van der Waals surface area contributed by atoms with Crippen molar-refractivity contribution in [2.24, 2.45) is 5.92 Å². The van der Waals surface area contributed by atoms with Crippen LogP contribution in [0.3, 0.4) is 0 Å². The molecule has 0 saturated carbocycles. The normalized spacial score (nSPS) is 16.3. The number of rotatable bonds is 4. The fraction of sp³-hybridized carbons (Fsp3) is 0.316. The Hall–Kier alpha value is -1.96. The van der Waals surface area contributed by atoms with E-state index in [1.54, 1.807) is 0 Å². The molecular weight excluding hydrogens is 391 g/mol. The van der Waals surface area contributed by atoms with Gasteiger partial charge in [0.1, 0.15) is 5.82 Å². The van der Waals surface area contributed by atoms with Crippen LogP contribution in [0.25, 0.3) is 0 Å². The van der Waals surface area contributed by atoms with Crippen molar-refractivity contribution in [1.82, 2.24) is 4.31 Å². The number of anilines is 1. The number of hydrogen-bond acceptors (Lipinski definition) is 3. The maximum Gasteiger partial charge on any atom is 0.257 e. The summed E-state index contributed by atoms with van der Waals surface area (Å²) in [5.74, 6) is -0.482. The highest BCUT2D eigenvalue weighted by Gasteiger charge is 2.29. The summed E-state index contributed by atoms with van der Waals surface area (Å²) in [5.41, 5.74) is 0.434. The maximum absolute atomic E-state index is 13.0. The van der Waals surface area contributed by atoms with Crippen molar-refractivity contribution in [3.8, 4) is 0 Å². The minimum atomic E-state index is -3.69. The molecule has 0 radical (unpaired) electrons. The molecule has 1 heterocycles. The summed E-state index contributed by atoms with van der Waals surface area (Å²) >= 11 is 6.11. The number of carbonyl (C=O) groups excluding carboxylic acids is 1. The molecule has 0 atom stereocenters. The molecule has 1 amide bonds. The lowest BCUT2D eigenvalue weighted by atomic mass is 10.0. The van der Waals surface area contributed by atoms with Crippen molar-refractivity contribution in [2.75, 3.05) is 18.4 Å². The third-order valence-corrected chi connectivity index (χ3v) is 6.89. The van der Waals surface area contributed by atoms with E-state index in [0.29, 0.717) is 24.7 Å². The van der Waals surface area contributed by atoms with Crippen LogP contribution in [0.1, 0.15) is 30.1 Å². The number of amides is 1. The second-order valence-corrected chi connectivity index (χ2v) is 9.03. The Morgan fingerprint density at radius 3 is 2.41 bits per heavy atom. The van der Waals surface area contributed by atoms with Gasteiger partial charge in [-0.2, -0.15) is 4.31 Å². The number of hydrogen-bond donors (Lipinski definition) is 1. The second kappa shape index (κ2) is 7.96. The largest absolute Gasteiger partial charge is 0.322 e. The van der Waals surface area contributed by atoms with Gasteiger partial charge in [0.15, 0.2) is 0 Å². The molecule has 8 heteroatoms. The average molecular weight is 411 g/mol. The molecule has 0 aliphatic carbocycles. The van der Waals surface area contributed by atoms with Crippen molar-refractivity contribution in [3.05, 3.63) is 58.9 Å². The van der Waals surface area contributed by atoms with Gasteiger partial charge in [0.05, 0.1) is 15.5 Å². The van der Waals surface area contributed by atoms with E-state index in [2.05, 4.69) is 12.2 Å². The molecule has 2 aromatic carbocycles. The molecule has 5 nitrogen and oxygen atoms in total. The summed E-state index contributed by atoms with van der Waals surface area (Å²) in [7, 11) is -3.69. The zero-order valence-corrected chi connectivity index (χ0v) is 16.4. The summed E-state index contributed by atoms with van der Waals surface area (Å²) in [5, 5.41) is 2.73. The average Bonchev–Trinajstić information content (AvgIpc) is 2.64. The number of nitrogens with zero attached hydrogens (tertiary/aromatic N) is 1. The monoisotopic (exact) mass is 410 g/mol. The van der Waals surface area contributed by atoms with Crippen LogP contribution in [0.5, 0.6) is 0 Å². The number of nitrogens with one attached hydrogen (secondary N) is 1. The highest BCUT2D eigenvalue weighted by atomic mass is 35.5. The Morgan fingerprint density at radius 2 is 1.78 bits per heavy atom. The minimum absolute atomic E-state index is 0.0331. The van der Waals surface area contributed by atoms with E-state index in [1.807, 2.05) is 0 Å². The summed E-state index contributed by atoms with van der Waals surface area (Å²) in [6, 6.07) is 9.36. The third kappa shape index (κ3) is 4.48. The van der Waals surface area contributed by atoms with E-state index in [-0.39, 0.29) is 15.5 Å². The highest BCUT2D eigenvalue weighted by molar-refractivity contribution is 7.89. The number of sulfonamides is 1. The second-order valence-electron chi connectivity index (χ2n) is 6.69. The smallest absolute Gasteiger partial charge is 0.257 e. The van der Waals surface area contributed by atoms with Gasteiger partial charge < -0.3 is 5.32 Å². The van der Waals surface area contributed by atoms with Crippen LogP contribution in [0.4, 0.5) is 10.1 Å². The van der Waals surface area contributed by atoms with E-state index in [0.717, 1.165) is 12.8 Å². The molecule has 1 fully saturated rings. The van der Waals surface area contributed by atoms with Crippen molar-refractivity contribution in [3.63, 3.8) is 0 Å². The lowest BCUT2D eigenvalue weighted by Crippen LogP contribution is -2.37. The summed E-state index contributed by atoms with van der Waals surface area (Å²) in [4.78, 5) is 12.6.